The number of hydrogen-bond acceptors (Lipinski definition) is 3. The van der Waals surface area contributed by atoms with Gasteiger partial charge in [0, 0.05) is 12.5 Å². The molecule has 0 aliphatic carbocycles. The third kappa shape index (κ3) is 1.36. The van der Waals surface area contributed by atoms with E-state index in [2.05, 4.69) is 0 Å². The molecular weight excluding hydrogens is 132 g/mol. The minimum absolute atomic E-state index is 0.0694. The molecule has 0 saturated heterocycles. The van der Waals surface area contributed by atoms with Crippen molar-refractivity contribution in [1.29, 1.82) is 0 Å². The molecule has 3 heteroatoms. The second-order valence-electron chi connectivity index (χ2n) is 2.36. The lowest BCUT2D eigenvalue weighted by atomic mass is 10.1. The van der Waals surface area contributed by atoms with E-state index in [0.717, 1.165) is 0 Å². The lowest BCUT2D eigenvalue weighted by molar-refractivity contribution is -0.181. The van der Waals surface area contributed by atoms with Crippen molar-refractivity contribution in [3.8, 4) is 0 Å². The van der Waals surface area contributed by atoms with Gasteiger partial charge in [-0.2, -0.15) is 0 Å². The quantitative estimate of drug-likeness (QED) is 0.582. The van der Waals surface area contributed by atoms with E-state index in [4.69, 9.17) is 4.74 Å². The minimum Gasteiger partial charge on any atom is -0.470 e. The normalized spacial score (nSPS) is 32.0. The Kier molecular flexibility index (Phi) is 1.76. The largest absolute Gasteiger partial charge is 0.470 e. The van der Waals surface area contributed by atoms with Crippen molar-refractivity contribution >= 4 is 5.78 Å². The highest BCUT2D eigenvalue weighted by atomic mass is 16.6. The van der Waals surface area contributed by atoms with E-state index in [0.29, 0.717) is 6.42 Å². The summed E-state index contributed by atoms with van der Waals surface area (Å²) in [7, 11) is 0. The van der Waals surface area contributed by atoms with Gasteiger partial charge in [-0.15, -0.1) is 0 Å². The molecule has 0 amide bonds. The van der Waals surface area contributed by atoms with E-state index in [1.807, 2.05) is 0 Å². The van der Waals surface area contributed by atoms with Crippen LogP contribution < -0.4 is 0 Å². The number of allylic oxidation sites excluding steroid dienone is 1. The van der Waals surface area contributed by atoms with Crippen molar-refractivity contribution in [2.45, 2.75) is 25.6 Å². The minimum atomic E-state index is -1.24. The molecule has 1 rings (SSSR count). The molecule has 0 spiro atoms. The van der Waals surface area contributed by atoms with E-state index in [1.165, 1.54) is 12.3 Å². The van der Waals surface area contributed by atoms with Crippen molar-refractivity contribution < 1.29 is 14.6 Å². The topological polar surface area (TPSA) is 46.5 Å². The average molecular weight is 142 g/mol. The Morgan fingerprint density at radius 2 is 2.60 bits per heavy atom. The number of ether oxygens (including phenoxy) is 1. The number of rotatable bonds is 1. The molecule has 1 atom stereocenters. The first-order valence-corrected chi connectivity index (χ1v) is 3.26. The second-order valence-corrected chi connectivity index (χ2v) is 2.36. The zero-order valence-corrected chi connectivity index (χ0v) is 5.83. The standard InChI is InChI=1S/C7H10O3/c1-2-7(9)5-6(8)3-4-10-7/h3-4,9H,2,5H2,1H3. The maximum atomic E-state index is 10.7. The van der Waals surface area contributed by atoms with Crippen LogP contribution in [0.15, 0.2) is 12.3 Å². The molecule has 3 nitrogen and oxygen atoms in total. The first-order chi connectivity index (χ1) is 4.66. The Hall–Kier alpha value is -0.830. The molecule has 1 aliphatic heterocycles. The van der Waals surface area contributed by atoms with Crippen LogP contribution in [0, 0.1) is 0 Å². The van der Waals surface area contributed by atoms with Gasteiger partial charge in [0.25, 0.3) is 0 Å². The van der Waals surface area contributed by atoms with E-state index >= 15 is 0 Å². The summed E-state index contributed by atoms with van der Waals surface area (Å²) in [5.74, 6) is -1.33. The van der Waals surface area contributed by atoms with Gasteiger partial charge in [-0.3, -0.25) is 4.79 Å². The maximum absolute atomic E-state index is 10.7. The van der Waals surface area contributed by atoms with Crippen molar-refractivity contribution in [1.82, 2.24) is 0 Å². The Morgan fingerprint density at radius 3 is 3.00 bits per heavy atom. The molecule has 0 saturated carbocycles. The van der Waals surface area contributed by atoms with E-state index in [-0.39, 0.29) is 12.2 Å². The molecule has 0 fully saturated rings. The summed E-state index contributed by atoms with van der Waals surface area (Å²) in [5.41, 5.74) is 0. The molecule has 56 valence electrons. The van der Waals surface area contributed by atoms with Gasteiger partial charge in [-0.05, 0) is 0 Å². The Morgan fingerprint density at radius 1 is 1.90 bits per heavy atom. The first-order valence-electron chi connectivity index (χ1n) is 3.26. The predicted molar refractivity (Wildman–Crippen MR) is 35.1 cm³/mol. The number of hydrogen-bond donors (Lipinski definition) is 1. The SMILES string of the molecule is CCC1(O)CC(=O)C=CO1. The zero-order valence-electron chi connectivity index (χ0n) is 5.83. The Balaban J connectivity index is 2.67. The molecule has 1 aliphatic rings. The van der Waals surface area contributed by atoms with Gasteiger partial charge in [0.2, 0.25) is 5.79 Å². The van der Waals surface area contributed by atoms with Crippen molar-refractivity contribution in [2.75, 3.05) is 0 Å². The molecule has 0 radical (unpaired) electrons. The first kappa shape index (κ1) is 7.28. The molecule has 10 heavy (non-hydrogen) atoms. The third-order valence-corrected chi connectivity index (χ3v) is 1.54. The van der Waals surface area contributed by atoms with Gasteiger partial charge in [0.05, 0.1) is 12.7 Å². The van der Waals surface area contributed by atoms with Crippen molar-refractivity contribution in [2.24, 2.45) is 0 Å². The van der Waals surface area contributed by atoms with Gasteiger partial charge >= 0.3 is 0 Å². The highest BCUT2D eigenvalue weighted by molar-refractivity contribution is 5.90. The van der Waals surface area contributed by atoms with Gasteiger partial charge in [-0.25, -0.2) is 0 Å². The van der Waals surface area contributed by atoms with Gasteiger partial charge in [0.15, 0.2) is 5.78 Å². The number of carbonyl (C=O) groups excluding carboxylic acids is 1. The molecule has 1 heterocycles. The van der Waals surface area contributed by atoms with E-state index < -0.39 is 5.79 Å². The van der Waals surface area contributed by atoms with Crippen LogP contribution in [-0.4, -0.2) is 16.7 Å². The summed E-state index contributed by atoms with van der Waals surface area (Å²) in [5, 5.41) is 9.36. The molecule has 0 aromatic rings. The van der Waals surface area contributed by atoms with Crippen LogP contribution in [0.4, 0.5) is 0 Å². The summed E-state index contributed by atoms with van der Waals surface area (Å²) in [6.07, 6.45) is 3.07. The molecule has 0 aromatic carbocycles. The zero-order chi connectivity index (χ0) is 7.61. The fraction of sp³-hybridized carbons (Fsp3) is 0.571. The summed E-state index contributed by atoms with van der Waals surface area (Å²) in [6, 6.07) is 0. The van der Waals surface area contributed by atoms with Crippen molar-refractivity contribution in [3.63, 3.8) is 0 Å². The fourth-order valence-electron chi connectivity index (χ4n) is 0.818. The number of aliphatic hydroxyl groups is 1. The second kappa shape index (κ2) is 2.42. The van der Waals surface area contributed by atoms with E-state index in [1.54, 1.807) is 6.92 Å². The van der Waals surface area contributed by atoms with Crippen LogP contribution >= 0.6 is 0 Å². The monoisotopic (exact) mass is 142 g/mol. The smallest absolute Gasteiger partial charge is 0.214 e. The molecular formula is C7H10O3. The molecule has 0 bridgehead atoms. The maximum Gasteiger partial charge on any atom is 0.214 e. The molecule has 1 N–H and O–H groups in total. The predicted octanol–water partition coefficient (Wildman–Crippen LogP) is 0.588. The third-order valence-electron chi connectivity index (χ3n) is 1.54. The summed E-state index contributed by atoms with van der Waals surface area (Å²) in [4.78, 5) is 10.7. The van der Waals surface area contributed by atoms with Crippen LogP contribution in [0.1, 0.15) is 19.8 Å². The van der Waals surface area contributed by atoms with Crippen LogP contribution in [0.2, 0.25) is 0 Å². The van der Waals surface area contributed by atoms with Gasteiger partial charge in [0.1, 0.15) is 0 Å². The fourth-order valence-corrected chi connectivity index (χ4v) is 0.818. The van der Waals surface area contributed by atoms with Gasteiger partial charge in [-0.1, -0.05) is 6.92 Å². The van der Waals surface area contributed by atoms with Crippen LogP contribution in [-0.2, 0) is 9.53 Å². The summed E-state index contributed by atoms with van der Waals surface area (Å²) < 4.78 is 4.84. The highest BCUT2D eigenvalue weighted by Gasteiger charge is 2.30. The van der Waals surface area contributed by atoms with Crippen LogP contribution in [0.25, 0.3) is 0 Å². The van der Waals surface area contributed by atoms with Crippen molar-refractivity contribution in [3.05, 3.63) is 12.3 Å². The Bertz CT molecular complexity index is 174. The number of carbonyl (C=O) groups is 1. The van der Waals surface area contributed by atoms with Crippen LogP contribution in [0.3, 0.4) is 0 Å². The lowest BCUT2D eigenvalue weighted by Gasteiger charge is -2.27. The van der Waals surface area contributed by atoms with Gasteiger partial charge < -0.3 is 9.84 Å². The number of ketones is 1. The average Bonchev–Trinajstić information content (AvgIpc) is 1.88. The summed E-state index contributed by atoms with van der Waals surface area (Å²) >= 11 is 0. The van der Waals surface area contributed by atoms with E-state index in [9.17, 15) is 9.90 Å². The molecule has 0 aromatic heterocycles. The lowest BCUT2D eigenvalue weighted by Crippen LogP contribution is -2.34. The summed E-state index contributed by atoms with van der Waals surface area (Å²) in [6.45, 7) is 1.77. The van der Waals surface area contributed by atoms with Crippen LogP contribution in [0.5, 0.6) is 0 Å². The highest BCUT2D eigenvalue weighted by Crippen LogP contribution is 2.21. The molecule has 1 unspecified atom stereocenters. The Labute approximate surface area is 59.3 Å².